The zero-order valence-electron chi connectivity index (χ0n) is 12.0. The summed E-state index contributed by atoms with van der Waals surface area (Å²) in [7, 11) is 0. The van der Waals surface area contributed by atoms with Crippen molar-refractivity contribution in [1.29, 1.82) is 0 Å². The molecule has 0 amide bonds. The van der Waals surface area contributed by atoms with E-state index in [2.05, 4.69) is 29.5 Å². The van der Waals surface area contributed by atoms with Crippen molar-refractivity contribution in [3.63, 3.8) is 0 Å². The minimum absolute atomic E-state index is 0.406. The maximum Gasteiger partial charge on any atom is 0.227 e. The van der Waals surface area contributed by atoms with Gasteiger partial charge < -0.3 is 10.6 Å². The molecule has 2 aromatic rings. The second kappa shape index (κ2) is 5.59. The lowest BCUT2D eigenvalue weighted by molar-refractivity contribution is 0.609. The Hall–Kier alpha value is -1.94. The van der Waals surface area contributed by atoms with Crippen molar-refractivity contribution in [2.24, 2.45) is 0 Å². The van der Waals surface area contributed by atoms with E-state index in [4.69, 9.17) is 4.98 Å². The van der Waals surface area contributed by atoms with Gasteiger partial charge >= 0.3 is 0 Å². The quantitative estimate of drug-likeness (QED) is 0.898. The van der Waals surface area contributed by atoms with Crippen LogP contribution in [0.4, 0.5) is 11.6 Å². The number of fused-ring (bicyclic) bond motifs is 1. The number of anilines is 2. The Morgan fingerprint density at radius 3 is 2.70 bits per heavy atom. The monoisotopic (exact) mass is 268 g/mol. The molecule has 0 radical (unpaired) electrons. The molecule has 104 valence electrons. The van der Waals surface area contributed by atoms with Gasteiger partial charge in [-0.15, -0.1) is 0 Å². The molecule has 1 aliphatic heterocycles. The van der Waals surface area contributed by atoms with E-state index < -0.39 is 0 Å². The van der Waals surface area contributed by atoms with Gasteiger partial charge in [0, 0.05) is 30.8 Å². The van der Waals surface area contributed by atoms with Crippen molar-refractivity contribution in [1.82, 2.24) is 15.3 Å². The molecule has 20 heavy (non-hydrogen) atoms. The highest BCUT2D eigenvalue weighted by atomic mass is 15.1. The Balaban J connectivity index is 1.97. The molecule has 0 aliphatic carbocycles. The lowest BCUT2D eigenvalue weighted by atomic mass is 9.99. The van der Waals surface area contributed by atoms with Crippen molar-refractivity contribution >= 4 is 11.6 Å². The smallest absolute Gasteiger partial charge is 0.227 e. The zero-order chi connectivity index (χ0) is 13.9. The predicted octanol–water partition coefficient (Wildman–Crippen LogP) is 2.99. The fourth-order valence-corrected chi connectivity index (χ4v) is 2.55. The number of rotatable bonds is 3. The van der Waals surface area contributed by atoms with Crippen LogP contribution < -0.4 is 10.6 Å². The van der Waals surface area contributed by atoms with Crippen LogP contribution in [0.5, 0.6) is 0 Å². The summed E-state index contributed by atoms with van der Waals surface area (Å²) in [6.45, 7) is 6.24. The van der Waals surface area contributed by atoms with Gasteiger partial charge in [-0.1, -0.05) is 32.0 Å². The van der Waals surface area contributed by atoms with Gasteiger partial charge in [0.25, 0.3) is 0 Å². The van der Waals surface area contributed by atoms with Crippen LogP contribution in [-0.4, -0.2) is 16.5 Å². The van der Waals surface area contributed by atoms with E-state index in [1.807, 2.05) is 30.3 Å². The number of hydrogen-bond acceptors (Lipinski definition) is 4. The van der Waals surface area contributed by atoms with Crippen molar-refractivity contribution in [2.75, 3.05) is 11.9 Å². The summed E-state index contributed by atoms with van der Waals surface area (Å²) >= 11 is 0. The normalized spacial score (nSPS) is 14.2. The third kappa shape index (κ3) is 2.65. The summed E-state index contributed by atoms with van der Waals surface area (Å²) in [5.74, 6) is 1.11. The van der Waals surface area contributed by atoms with Gasteiger partial charge in [0.1, 0.15) is 0 Å². The van der Waals surface area contributed by atoms with E-state index in [9.17, 15) is 0 Å². The molecular formula is C16H20N4. The number of benzene rings is 1. The number of hydrogen-bond donors (Lipinski definition) is 2. The van der Waals surface area contributed by atoms with Crippen molar-refractivity contribution in [2.45, 2.75) is 32.7 Å². The third-order valence-corrected chi connectivity index (χ3v) is 3.54. The number of aromatic nitrogens is 2. The third-order valence-electron chi connectivity index (χ3n) is 3.54. The maximum absolute atomic E-state index is 4.72. The SMILES string of the molecule is CC(C)c1nc(Nc2ccccc2)nc2c1CNCC2. The lowest BCUT2D eigenvalue weighted by Crippen LogP contribution is -2.27. The Morgan fingerprint density at radius 1 is 1.15 bits per heavy atom. The maximum atomic E-state index is 4.72. The van der Waals surface area contributed by atoms with Crippen LogP contribution in [0.3, 0.4) is 0 Å². The number of nitrogens with zero attached hydrogens (tertiary/aromatic N) is 2. The molecule has 0 unspecified atom stereocenters. The molecule has 0 saturated heterocycles. The average Bonchev–Trinajstić information content (AvgIpc) is 2.47. The van der Waals surface area contributed by atoms with Gasteiger partial charge in [-0.2, -0.15) is 0 Å². The van der Waals surface area contributed by atoms with Crippen LogP contribution in [0, 0.1) is 0 Å². The first-order valence-electron chi connectivity index (χ1n) is 7.16. The summed E-state index contributed by atoms with van der Waals surface area (Å²) in [6, 6.07) is 10.1. The molecule has 1 aromatic heterocycles. The predicted molar refractivity (Wildman–Crippen MR) is 81.3 cm³/mol. The van der Waals surface area contributed by atoms with Crippen molar-refractivity contribution in [3.05, 3.63) is 47.3 Å². The Labute approximate surface area is 119 Å². The van der Waals surface area contributed by atoms with E-state index in [-0.39, 0.29) is 0 Å². The molecule has 0 saturated carbocycles. The second-order valence-corrected chi connectivity index (χ2v) is 5.43. The Morgan fingerprint density at radius 2 is 1.95 bits per heavy atom. The molecule has 0 bridgehead atoms. The van der Waals surface area contributed by atoms with Gasteiger partial charge in [0.2, 0.25) is 5.95 Å². The van der Waals surface area contributed by atoms with Crippen LogP contribution in [0.2, 0.25) is 0 Å². The second-order valence-electron chi connectivity index (χ2n) is 5.43. The van der Waals surface area contributed by atoms with Crippen LogP contribution in [0.25, 0.3) is 0 Å². The largest absolute Gasteiger partial charge is 0.324 e. The van der Waals surface area contributed by atoms with Gasteiger partial charge in [0.05, 0.1) is 11.4 Å². The first-order valence-corrected chi connectivity index (χ1v) is 7.16. The highest BCUT2D eigenvalue weighted by Gasteiger charge is 2.19. The molecule has 2 heterocycles. The summed E-state index contributed by atoms with van der Waals surface area (Å²) in [5, 5.41) is 6.71. The van der Waals surface area contributed by atoms with Crippen molar-refractivity contribution in [3.8, 4) is 0 Å². The number of nitrogens with one attached hydrogen (secondary N) is 2. The molecule has 0 atom stereocenters. The van der Waals surface area contributed by atoms with E-state index in [0.29, 0.717) is 11.9 Å². The lowest BCUT2D eigenvalue weighted by Gasteiger charge is -2.22. The summed E-state index contributed by atoms with van der Waals surface area (Å²) in [6.07, 6.45) is 0.973. The van der Waals surface area contributed by atoms with Crippen LogP contribution in [-0.2, 0) is 13.0 Å². The summed E-state index contributed by atoms with van der Waals surface area (Å²) < 4.78 is 0. The van der Waals surface area contributed by atoms with E-state index in [0.717, 1.165) is 30.9 Å². The Kier molecular flexibility index (Phi) is 3.65. The number of para-hydroxylation sites is 1. The minimum Gasteiger partial charge on any atom is -0.324 e. The van der Waals surface area contributed by atoms with Gasteiger partial charge in [-0.3, -0.25) is 0 Å². The molecule has 1 aliphatic rings. The molecule has 4 heteroatoms. The summed E-state index contributed by atoms with van der Waals surface area (Å²) in [5.41, 5.74) is 4.64. The fourth-order valence-electron chi connectivity index (χ4n) is 2.55. The van der Waals surface area contributed by atoms with Gasteiger partial charge in [-0.05, 0) is 18.1 Å². The molecule has 0 spiro atoms. The van der Waals surface area contributed by atoms with E-state index in [1.54, 1.807) is 0 Å². The van der Waals surface area contributed by atoms with Crippen LogP contribution in [0.1, 0.15) is 36.7 Å². The van der Waals surface area contributed by atoms with Gasteiger partial charge in [0.15, 0.2) is 0 Å². The fraction of sp³-hybridized carbons (Fsp3) is 0.375. The zero-order valence-corrected chi connectivity index (χ0v) is 12.0. The van der Waals surface area contributed by atoms with Crippen molar-refractivity contribution < 1.29 is 0 Å². The molecule has 4 nitrogen and oxygen atoms in total. The van der Waals surface area contributed by atoms with Crippen LogP contribution in [0.15, 0.2) is 30.3 Å². The summed E-state index contributed by atoms with van der Waals surface area (Å²) in [4.78, 5) is 9.41. The highest BCUT2D eigenvalue weighted by Crippen LogP contribution is 2.24. The molecule has 1 aromatic carbocycles. The van der Waals surface area contributed by atoms with Crippen LogP contribution >= 0.6 is 0 Å². The van der Waals surface area contributed by atoms with Gasteiger partial charge in [-0.25, -0.2) is 9.97 Å². The molecular weight excluding hydrogens is 248 g/mol. The molecule has 2 N–H and O–H groups in total. The first-order chi connectivity index (χ1) is 9.74. The first kappa shape index (κ1) is 13.1. The standard InChI is InChI=1S/C16H20N4/c1-11(2)15-13-10-17-9-8-14(13)19-16(20-15)18-12-6-4-3-5-7-12/h3-7,11,17H,8-10H2,1-2H3,(H,18,19,20). The van der Waals surface area contributed by atoms with E-state index in [1.165, 1.54) is 11.3 Å². The molecule has 0 fully saturated rings. The van der Waals surface area contributed by atoms with E-state index >= 15 is 0 Å². The Bertz CT molecular complexity index is 593. The average molecular weight is 268 g/mol. The highest BCUT2D eigenvalue weighted by molar-refractivity contribution is 5.53. The minimum atomic E-state index is 0.406. The topological polar surface area (TPSA) is 49.8 Å². The molecule has 3 rings (SSSR count).